The maximum atomic E-state index is 12.6. The molecule has 1 atom stereocenters. The highest BCUT2D eigenvalue weighted by Gasteiger charge is 2.37. The third-order valence-electron chi connectivity index (χ3n) is 5.47. The summed E-state index contributed by atoms with van der Waals surface area (Å²) < 4.78 is 4.96. The van der Waals surface area contributed by atoms with E-state index in [1.807, 2.05) is 0 Å². The molecule has 0 radical (unpaired) electrons. The summed E-state index contributed by atoms with van der Waals surface area (Å²) in [5.41, 5.74) is 0. The van der Waals surface area contributed by atoms with Gasteiger partial charge in [-0.3, -0.25) is 19.5 Å². The van der Waals surface area contributed by atoms with Gasteiger partial charge < -0.3 is 15.4 Å². The van der Waals surface area contributed by atoms with Crippen molar-refractivity contribution in [3.8, 4) is 0 Å². The summed E-state index contributed by atoms with van der Waals surface area (Å²) >= 11 is 0. The molecule has 0 saturated carbocycles. The zero-order valence-electron chi connectivity index (χ0n) is 15.2. The number of hydrogen-bond acceptors (Lipinski definition) is 8. The average molecular weight is 353 g/mol. The highest BCUT2D eigenvalue weighted by molar-refractivity contribution is 5.87. The lowest BCUT2D eigenvalue weighted by atomic mass is 10.0. The van der Waals surface area contributed by atoms with Gasteiger partial charge in [0.1, 0.15) is 0 Å². The molecule has 3 fully saturated rings. The van der Waals surface area contributed by atoms with Crippen LogP contribution in [0, 0.1) is 0 Å². The quantitative estimate of drug-likeness (QED) is 0.476. The molecule has 8 heteroatoms. The molecule has 2 N–H and O–H groups in total. The molecule has 1 unspecified atom stereocenters. The summed E-state index contributed by atoms with van der Waals surface area (Å²) in [6.45, 7) is 10.4. The summed E-state index contributed by atoms with van der Waals surface area (Å²) in [4.78, 5) is 30.7. The number of ether oxygens (including phenoxy) is 1. The van der Waals surface area contributed by atoms with Gasteiger partial charge >= 0.3 is 11.9 Å². The molecule has 3 heterocycles. The number of piperazine rings is 2. The van der Waals surface area contributed by atoms with E-state index in [2.05, 4.69) is 25.3 Å². The number of nitrogens with one attached hydrogen (secondary N) is 2. The predicted molar refractivity (Wildman–Crippen MR) is 94.0 cm³/mol. The first-order valence-corrected chi connectivity index (χ1v) is 9.51. The molecule has 0 aliphatic carbocycles. The molecule has 0 spiro atoms. The lowest BCUT2D eigenvalue weighted by Gasteiger charge is -2.45. The standard InChI is InChI=1S/C17H31N5O3/c1-14(23)25-17(24)16(21-8-6-19-7-9-21)22-12-10-20(11-13-22)15-2-4-18-5-3-15/h15-16,18-19H,2-13H2,1H3. The first kappa shape index (κ1) is 18.7. The van der Waals surface area contributed by atoms with E-state index < -0.39 is 18.1 Å². The number of esters is 2. The minimum Gasteiger partial charge on any atom is -0.391 e. The average Bonchev–Trinajstić information content (AvgIpc) is 2.63. The van der Waals surface area contributed by atoms with Crippen molar-refractivity contribution in [3.63, 3.8) is 0 Å². The molecule has 3 saturated heterocycles. The van der Waals surface area contributed by atoms with E-state index in [4.69, 9.17) is 4.74 Å². The second-order valence-electron chi connectivity index (χ2n) is 7.13. The van der Waals surface area contributed by atoms with Crippen molar-refractivity contribution in [1.82, 2.24) is 25.3 Å². The van der Waals surface area contributed by atoms with Crippen molar-refractivity contribution in [2.45, 2.75) is 32.0 Å². The van der Waals surface area contributed by atoms with Crippen LogP contribution in [0.5, 0.6) is 0 Å². The Morgan fingerprint density at radius 3 is 2.04 bits per heavy atom. The second-order valence-corrected chi connectivity index (χ2v) is 7.13. The molecule has 142 valence electrons. The van der Waals surface area contributed by atoms with Gasteiger partial charge in [-0.1, -0.05) is 0 Å². The van der Waals surface area contributed by atoms with Gasteiger partial charge in [0.2, 0.25) is 0 Å². The van der Waals surface area contributed by atoms with Crippen LogP contribution in [0.1, 0.15) is 19.8 Å². The molecule has 3 aliphatic heterocycles. The SMILES string of the molecule is CC(=O)OC(=O)C(N1CCNCC1)N1CCN(C2CCNCC2)CC1. The van der Waals surface area contributed by atoms with E-state index >= 15 is 0 Å². The Labute approximate surface area is 149 Å². The Bertz CT molecular complexity index is 455. The van der Waals surface area contributed by atoms with Crippen molar-refractivity contribution in [1.29, 1.82) is 0 Å². The van der Waals surface area contributed by atoms with Crippen LogP contribution in [0.3, 0.4) is 0 Å². The van der Waals surface area contributed by atoms with Gasteiger partial charge in [0.25, 0.3) is 0 Å². The van der Waals surface area contributed by atoms with Gasteiger partial charge in [0.15, 0.2) is 6.17 Å². The van der Waals surface area contributed by atoms with Gasteiger partial charge in [0.05, 0.1) is 0 Å². The highest BCUT2D eigenvalue weighted by atomic mass is 16.6. The van der Waals surface area contributed by atoms with Crippen molar-refractivity contribution in [2.24, 2.45) is 0 Å². The Morgan fingerprint density at radius 1 is 0.880 bits per heavy atom. The number of nitrogens with zero attached hydrogens (tertiary/aromatic N) is 3. The van der Waals surface area contributed by atoms with Crippen molar-refractivity contribution < 1.29 is 14.3 Å². The number of piperidine rings is 1. The third-order valence-corrected chi connectivity index (χ3v) is 5.47. The van der Waals surface area contributed by atoms with Gasteiger partial charge in [-0.05, 0) is 25.9 Å². The molecule has 3 aliphatic rings. The fraction of sp³-hybridized carbons (Fsp3) is 0.882. The predicted octanol–water partition coefficient (Wildman–Crippen LogP) is -1.32. The molecule has 3 rings (SSSR count). The number of hydrogen-bond donors (Lipinski definition) is 2. The fourth-order valence-corrected chi connectivity index (χ4v) is 4.17. The van der Waals surface area contributed by atoms with Crippen LogP contribution in [-0.4, -0.2) is 104 Å². The molecule has 0 amide bonds. The highest BCUT2D eigenvalue weighted by Crippen LogP contribution is 2.18. The van der Waals surface area contributed by atoms with E-state index in [0.717, 1.165) is 65.4 Å². The molecule has 0 bridgehead atoms. The Balaban J connectivity index is 1.60. The largest absolute Gasteiger partial charge is 0.391 e. The van der Waals surface area contributed by atoms with Gasteiger partial charge in [-0.15, -0.1) is 0 Å². The second kappa shape index (κ2) is 9.05. The number of carbonyl (C=O) groups excluding carboxylic acids is 2. The molecule has 8 nitrogen and oxygen atoms in total. The van der Waals surface area contributed by atoms with Crippen molar-refractivity contribution in [3.05, 3.63) is 0 Å². The lowest BCUT2D eigenvalue weighted by molar-refractivity contribution is -0.169. The van der Waals surface area contributed by atoms with Crippen molar-refractivity contribution >= 4 is 11.9 Å². The van der Waals surface area contributed by atoms with E-state index in [1.165, 1.54) is 19.8 Å². The van der Waals surface area contributed by atoms with Crippen LogP contribution >= 0.6 is 0 Å². The van der Waals surface area contributed by atoms with Crippen LogP contribution in [0.2, 0.25) is 0 Å². The first-order chi connectivity index (χ1) is 12.1. The molecule has 0 aromatic heterocycles. The fourth-order valence-electron chi connectivity index (χ4n) is 4.17. The molecule has 0 aromatic carbocycles. The summed E-state index contributed by atoms with van der Waals surface area (Å²) in [6.07, 6.45) is 1.96. The normalized spacial score (nSPS) is 26.3. The van der Waals surface area contributed by atoms with E-state index in [1.54, 1.807) is 0 Å². The zero-order chi connectivity index (χ0) is 17.6. The summed E-state index contributed by atoms with van der Waals surface area (Å²) in [5.74, 6) is -0.955. The molecule has 25 heavy (non-hydrogen) atoms. The van der Waals surface area contributed by atoms with Crippen LogP contribution in [0.25, 0.3) is 0 Å². The van der Waals surface area contributed by atoms with Crippen molar-refractivity contribution in [2.75, 3.05) is 65.4 Å². The molecule has 0 aromatic rings. The van der Waals surface area contributed by atoms with Crippen LogP contribution in [0.15, 0.2) is 0 Å². The van der Waals surface area contributed by atoms with Crippen LogP contribution in [-0.2, 0) is 14.3 Å². The third kappa shape index (κ3) is 4.98. The van der Waals surface area contributed by atoms with Gasteiger partial charge in [0, 0.05) is 65.3 Å². The Morgan fingerprint density at radius 2 is 1.44 bits per heavy atom. The summed E-state index contributed by atoms with van der Waals surface area (Å²) in [6, 6.07) is 0.658. The lowest BCUT2D eigenvalue weighted by Crippen LogP contribution is -2.63. The van der Waals surface area contributed by atoms with E-state index in [9.17, 15) is 9.59 Å². The number of rotatable bonds is 4. The summed E-state index contributed by atoms with van der Waals surface area (Å²) in [7, 11) is 0. The van der Waals surface area contributed by atoms with Crippen LogP contribution in [0.4, 0.5) is 0 Å². The van der Waals surface area contributed by atoms with Crippen LogP contribution < -0.4 is 10.6 Å². The van der Waals surface area contributed by atoms with Gasteiger partial charge in [-0.25, -0.2) is 4.79 Å². The number of carbonyl (C=O) groups is 2. The molecular weight excluding hydrogens is 322 g/mol. The Kier molecular flexibility index (Phi) is 6.77. The molecular formula is C17H31N5O3. The van der Waals surface area contributed by atoms with Gasteiger partial charge in [-0.2, -0.15) is 0 Å². The maximum Gasteiger partial charge on any atom is 0.346 e. The zero-order valence-corrected chi connectivity index (χ0v) is 15.2. The Hall–Kier alpha value is -1.06. The smallest absolute Gasteiger partial charge is 0.346 e. The minimum atomic E-state index is -0.529. The van der Waals surface area contributed by atoms with E-state index in [0.29, 0.717) is 6.04 Å². The minimum absolute atomic E-state index is 0.426. The topological polar surface area (TPSA) is 77.2 Å². The first-order valence-electron chi connectivity index (χ1n) is 9.51. The maximum absolute atomic E-state index is 12.6. The summed E-state index contributed by atoms with van der Waals surface area (Å²) in [5, 5.41) is 6.72. The van der Waals surface area contributed by atoms with E-state index in [-0.39, 0.29) is 0 Å². The monoisotopic (exact) mass is 353 g/mol.